The molecule has 0 radical (unpaired) electrons. The third-order valence-electron chi connectivity index (χ3n) is 6.63. The van der Waals surface area contributed by atoms with Crippen LogP contribution >= 0.6 is 11.6 Å². The lowest BCUT2D eigenvalue weighted by Crippen LogP contribution is -2.42. The number of likely N-dealkylation sites (tertiary alicyclic amines) is 1. The van der Waals surface area contributed by atoms with Crippen LogP contribution in [0.25, 0.3) is 10.8 Å². The molecule has 1 aromatic heterocycles. The number of nitrogens with one attached hydrogen (secondary N) is 2. The summed E-state index contributed by atoms with van der Waals surface area (Å²) in [7, 11) is 0. The van der Waals surface area contributed by atoms with E-state index >= 15 is 0 Å². The van der Waals surface area contributed by atoms with Gasteiger partial charge in [-0.1, -0.05) is 72.3 Å². The van der Waals surface area contributed by atoms with Gasteiger partial charge in [-0.15, -0.1) is 0 Å². The summed E-state index contributed by atoms with van der Waals surface area (Å²) in [6.07, 6.45) is 4.28. The minimum Gasteiger partial charge on any atom is -0.351 e. The SMILES string of the molecule is O=C(NCc1cccnc1)[C@@H]1C[C@H](NCc2cccc3ccccc23)CN1Cc1cccc(Cl)c1. The van der Waals surface area contributed by atoms with Crippen LogP contribution in [0.15, 0.2) is 91.3 Å². The van der Waals surface area contributed by atoms with Gasteiger partial charge in [0, 0.05) is 49.6 Å². The Morgan fingerprint density at radius 1 is 0.971 bits per heavy atom. The summed E-state index contributed by atoms with van der Waals surface area (Å²) in [6, 6.07) is 26.6. The number of amides is 1. The number of hydrogen-bond acceptors (Lipinski definition) is 4. The fraction of sp³-hybridized carbons (Fsp3) is 0.241. The third kappa shape index (κ3) is 5.88. The van der Waals surface area contributed by atoms with Gasteiger partial charge in [0.1, 0.15) is 0 Å². The van der Waals surface area contributed by atoms with E-state index < -0.39 is 0 Å². The lowest BCUT2D eigenvalue weighted by Gasteiger charge is -2.23. The van der Waals surface area contributed by atoms with Crippen LogP contribution in [0.4, 0.5) is 0 Å². The zero-order valence-corrected chi connectivity index (χ0v) is 20.3. The highest BCUT2D eigenvalue weighted by Crippen LogP contribution is 2.24. The predicted molar refractivity (Wildman–Crippen MR) is 141 cm³/mol. The first-order valence-corrected chi connectivity index (χ1v) is 12.4. The Bertz CT molecular complexity index is 1290. The Balaban J connectivity index is 1.28. The van der Waals surface area contributed by atoms with Crippen molar-refractivity contribution in [3.63, 3.8) is 0 Å². The van der Waals surface area contributed by atoms with Crippen molar-refractivity contribution in [1.82, 2.24) is 20.5 Å². The molecule has 1 fully saturated rings. The van der Waals surface area contributed by atoms with Crippen LogP contribution in [0.2, 0.25) is 5.02 Å². The second-order valence-electron chi connectivity index (χ2n) is 9.11. The normalized spacial score (nSPS) is 18.1. The standard InChI is InChI=1S/C29H29ClN4O/c30-25-11-3-6-21(14-25)19-34-20-26(15-28(34)29(35)33-17-22-7-5-13-31-16-22)32-18-24-10-4-9-23-8-1-2-12-27(23)24/h1-14,16,26,28,32H,15,17-20H2,(H,33,35)/t26-,28-/m0/s1. The summed E-state index contributed by atoms with van der Waals surface area (Å²) >= 11 is 6.22. The molecule has 5 rings (SSSR count). The molecule has 2 atom stereocenters. The summed E-state index contributed by atoms with van der Waals surface area (Å²) in [4.78, 5) is 19.7. The summed E-state index contributed by atoms with van der Waals surface area (Å²) in [5, 5.41) is 10.1. The van der Waals surface area contributed by atoms with Crippen LogP contribution < -0.4 is 10.6 Å². The van der Waals surface area contributed by atoms with Gasteiger partial charge in [-0.05, 0) is 52.1 Å². The Labute approximate surface area is 211 Å². The highest BCUT2D eigenvalue weighted by molar-refractivity contribution is 6.30. The van der Waals surface area contributed by atoms with Gasteiger partial charge < -0.3 is 10.6 Å². The topological polar surface area (TPSA) is 57.3 Å². The summed E-state index contributed by atoms with van der Waals surface area (Å²) in [5.74, 6) is 0.0466. The molecule has 6 heteroatoms. The Morgan fingerprint density at radius 3 is 2.66 bits per heavy atom. The van der Waals surface area contributed by atoms with Crippen LogP contribution in [-0.2, 0) is 24.4 Å². The monoisotopic (exact) mass is 484 g/mol. The van der Waals surface area contributed by atoms with Crippen LogP contribution in [0.3, 0.4) is 0 Å². The molecule has 4 aromatic rings. The summed E-state index contributed by atoms with van der Waals surface area (Å²) in [5.41, 5.74) is 3.37. The molecule has 2 N–H and O–H groups in total. The molecule has 35 heavy (non-hydrogen) atoms. The van der Waals surface area contributed by atoms with Crippen molar-refractivity contribution in [2.75, 3.05) is 6.54 Å². The van der Waals surface area contributed by atoms with Gasteiger partial charge in [-0.3, -0.25) is 14.7 Å². The van der Waals surface area contributed by atoms with Crippen molar-refractivity contribution < 1.29 is 4.79 Å². The zero-order chi connectivity index (χ0) is 24.0. The van der Waals surface area contributed by atoms with Crippen molar-refractivity contribution in [3.8, 4) is 0 Å². The molecule has 1 aliphatic heterocycles. The highest BCUT2D eigenvalue weighted by Gasteiger charge is 2.36. The smallest absolute Gasteiger partial charge is 0.237 e. The first-order chi connectivity index (χ1) is 17.2. The number of aromatic nitrogens is 1. The number of carbonyl (C=O) groups is 1. The Morgan fingerprint density at radius 2 is 1.80 bits per heavy atom. The Kier molecular flexibility index (Phi) is 7.38. The molecule has 1 saturated heterocycles. The molecule has 2 heterocycles. The van der Waals surface area contributed by atoms with E-state index in [1.165, 1.54) is 16.3 Å². The predicted octanol–water partition coefficient (Wildman–Crippen LogP) is 4.94. The maximum Gasteiger partial charge on any atom is 0.237 e. The quantitative estimate of drug-likeness (QED) is 0.372. The molecule has 5 nitrogen and oxygen atoms in total. The number of nitrogens with zero attached hydrogens (tertiary/aromatic N) is 2. The molecule has 3 aromatic carbocycles. The van der Waals surface area contributed by atoms with Crippen LogP contribution in [-0.4, -0.2) is 34.4 Å². The van der Waals surface area contributed by atoms with Crippen molar-refractivity contribution in [2.24, 2.45) is 0 Å². The number of hydrogen-bond donors (Lipinski definition) is 2. The number of benzene rings is 3. The average Bonchev–Trinajstić information content (AvgIpc) is 3.29. The summed E-state index contributed by atoms with van der Waals surface area (Å²) < 4.78 is 0. The summed E-state index contributed by atoms with van der Waals surface area (Å²) in [6.45, 7) is 2.71. The molecule has 1 amide bonds. The molecular formula is C29H29ClN4O. The van der Waals surface area contributed by atoms with Crippen LogP contribution in [0.1, 0.15) is 23.1 Å². The van der Waals surface area contributed by atoms with Gasteiger partial charge in [0.25, 0.3) is 0 Å². The van der Waals surface area contributed by atoms with E-state index in [1.54, 1.807) is 12.4 Å². The number of rotatable bonds is 8. The molecule has 0 saturated carbocycles. The van der Waals surface area contributed by atoms with Crippen molar-refractivity contribution in [1.29, 1.82) is 0 Å². The number of pyridine rings is 1. The van der Waals surface area contributed by atoms with Gasteiger partial charge in [0.2, 0.25) is 5.91 Å². The van der Waals surface area contributed by atoms with E-state index in [1.807, 2.05) is 30.3 Å². The third-order valence-corrected chi connectivity index (χ3v) is 6.87. The van der Waals surface area contributed by atoms with Crippen molar-refractivity contribution >= 4 is 28.3 Å². The molecule has 0 spiro atoms. The van der Waals surface area contributed by atoms with Crippen molar-refractivity contribution in [2.45, 2.75) is 38.1 Å². The maximum absolute atomic E-state index is 13.3. The molecule has 178 valence electrons. The van der Waals surface area contributed by atoms with Gasteiger partial charge in [0.05, 0.1) is 6.04 Å². The van der Waals surface area contributed by atoms with Crippen LogP contribution in [0.5, 0.6) is 0 Å². The van der Waals surface area contributed by atoms with Crippen molar-refractivity contribution in [3.05, 3.63) is 113 Å². The van der Waals surface area contributed by atoms with Gasteiger partial charge in [-0.2, -0.15) is 0 Å². The van der Waals surface area contributed by atoms with E-state index in [-0.39, 0.29) is 18.0 Å². The maximum atomic E-state index is 13.3. The Hall–Kier alpha value is -3.25. The fourth-order valence-corrected chi connectivity index (χ4v) is 5.09. The lowest BCUT2D eigenvalue weighted by atomic mass is 10.0. The zero-order valence-electron chi connectivity index (χ0n) is 19.5. The molecule has 0 aliphatic carbocycles. The highest BCUT2D eigenvalue weighted by atomic mass is 35.5. The minimum absolute atomic E-state index is 0.0466. The minimum atomic E-state index is -0.212. The fourth-order valence-electron chi connectivity index (χ4n) is 4.88. The second-order valence-corrected chi connectivity index (χ2v) is 9.54. The van der Waals surface area contributed by atoms with Gasteiger partial charge >= 0.3 is 0 Å². The molecule has 0 bridgehead atoms. The molecular weight excluding hydrogens is 456 g/mol. The van der Waals surface area contributed by atoms with E-state index in [0.29, 0.717) is 18.1 Å². The molecule has 0 unspecified atom stereocenters. The second kappa shape index (κ2) is 11.0. The first-order valence-electron chi connectivity index (χ1n) is 12.0. The largest absolute Gasteiger partial charge is 0.351 e. The van der Waals surface area contributed by atoms with E-state index in [2.05, 4.69) is 69.0 Å². The van der Waals surface area contributed by atoms with E-state index in [9.17, 15) is 4.79 Å². The first kappa shape index (κ1) is 23.5. The number of fused-ring (bicyclic) bond motifs is 1. The van der Waals surface area contributed by atoms with E-state index in [4.69, 9.17) is 11.6 Å². The average molecular weight is 485 g/mol. The number of carbonyl (C=O) groups excluding carboxylic acids is 1. The molecule has 1 aliphatic rings. The number of halogens is 1. The van der Waals surface area contributed by atoms with E-state index in [0.717, 1.165) is 30.6 Å². The van der Waals surface area contributed by atoms with Gasteiger partial charge in [-0.25, -0.2) is 0 Å². The van der Waals surface area contributed by atoms with Gasteiger partial charge in [0.15, 0.2) is 0 Å². The lowest BCUT2D eigenvalue weighted by molar-refractivity contribution is -0.125. The van der Waals surface area contributed by atoms with Crippen LogP contribution in [0, 0.1) is 0 Å².